The molecular weight excluding hydrogens is 474 g/mol. The number of carbonyl (C=O) groups is 2. The largest absolute Gasteiger partial charge is 0.354 e. The van der Waals surface area contributed by atoms with Crippen LogP contribution in [0, 0.1) is 6.92 Å². The number of nitrogens with one attached hydrogen (secondary N) is 1. The molecule has 0 heterocycles. The topological polar surface area (TPSA) is 86.8 Å². The van der Waals surface area contributed by atoms with E-state index in [0.717, 1.165) is 21.9 Å². The Hall–Kier alpha value is -3.65. The van der Waals surface area contributed by atoms with Crippen molar-refractivity contribution in [2.24, 2.45) is 0 Å². The summed E-state index contributed by atoms with van der Waals surface area (Å²) in [6.07, 6.45) is 0.765. The molecule has 3 aromatic rings. The first-order valence-corrected chi connectivity index (χ1v) is 13.4. The van der Waals surface area contributed by atoms with Gasteiger partial charge in [0.05, 0.1) is 10.6 Å². The zero-order valence-corrected chi connectivity index (χ0v) is 21.7. The predicted octanol–water partition coefficient (Wildman–Crippen LogP) is 4.13. The molecule has 0 aliphatic heterocycles. The van der Waals surface area contributed by atoms with Crippen molar-refractivity contribution in [3.8, 4) is 0 Å². The average Bonchev–Trinajstić information content (AvgIpc) is 2.90. The summed E-state index contributed by atoms with van der Waals surface area (Å²) in [7, 11) is -4.04. The van der Waals surface area contributed by atoms with Crippen molar-refractivity contribution in [3.63, 3.8) is 0 Å². The maximum atomic E-state index is 13.8. The van der Waals surface area contributed by atoms with E-state index in [9.17, 15) is 18.0 Å². The van der Waals surface area contributed by atoms with Crippen LogP contribution < -0.4 is 9.62 Å². The van der Waals surface area contributed by atoms with Gasteiger partial charge in [0.2, 0.25) is 11.8 Å². The Morgan fingerprint density at radius 3 is 2.08 bits per heavy atom. The molecular formula is C28H33N3O4S. The van der Waals surface area contributed by atoms with E-state index in [0.29, 0.717) is 12.2 Å². The number of nitrogens with zero attached hydrogens (tertiary/aromatic N) is 2. The van der Waals surface area contributed by atoms with Crippen LogP contribution in [0.5, 0.6) is 0 Å². The minimum absolute atomic E-state index is 0.0841. The van der Waals surface area contributed by atoms with Crippen molar-refractivity contribution in [3.05, 3.63) is 96.1 Å². The molecule has 0 radical (unpaired) electrons. The highest BCUT2D eigenvalue weighted by Gasteiger charge is 2.32. The second-order valence-electron chi connectivity index (χ2n) is 8.58. The third-order valence-electron chi connectivity index (χ3n) is 5.97. The number of amides is 2. The highest BCUT2D eigenvalue weighted by Crippen LogP contribution is 2.24. The summed E-state index contributed by atoms with van der Waals surface area (Å²) >= 11 is 0. The van der Waals surface area contributed by atoms with Crippen LogP contribution in [0.2, 0.25) is 0 Å². The van der Waals surface area contributed by atoms with E-state index in [1.54, 1.807) is 55.5 Å². The Kier molecular flexibility index (Phi) is 9.25. The molecule has 0 fully saturated rings. The lowest BCUT2D eigenvalue weighted by Crippen LogP contribution is -2.51. The number of hydrogen-bond donors (Lipinski definition) is 1. The fraction of sp³-hybridized carbons (Fsp3) is 0.286. The number of anilines is 1. The second-order valence-corrected chi connectivity index (χ2v) is 10.4. The van der Waals surface area contributed by atoms with Crippen molar-refractivity contribution >= 4 is 27.5 Å². The molecule has 1 atom stereocenters. The zero-order chi connectivity index (χ0) is 26.1. The van der Waals surface area contributed by atoms with E-state index >= 15 is 0 Å². The number of aryl methyl sites for hydroxylation is 1. The molecule has 0 aromatic heterocycles. The molecule has 0 aliphatic carbocycles. The Bertz CT molecular complexity index is 1260. The number of sulfonamides is 1. The Morgan fingerprint density at radius 1 is 0.889 bits per heavy atom. The molecule has 36 heavy (non-hydrogen) atoms. The van der Waals surface area contributed by atoms with Crippen molar-refractivity contribution < 1.29 is 18.0 Å². The quantitative estimate of drug-likeness (QED) is 0.423. The van der Waals surface area contributed by atoms with Crippen LogP contribution in [-0.4, -0.2) is 44.3 Å². The molecule has 0 saturated heterocycles. The summed E-state index contributed by atoms with van der Waals surface area (Å²) in [5.41, 5.74) is 2.24. The van der Waals surface area contributed by atoms with Crippen LogP contribution in [0.4, 0.5) is 5.69 Å². The summed E-state index contributed by atoms with van der Waals surface area (Å²) in [5, 5.41) is 2.84. The highest BCUT2D eigenvalue weighted by molar-refractivity contribution is 7.92. The highest BCUT2D eigenvalue weighted by atomic mass is 32.2. The van der Waals surface area contributed by atoms with Crippen molar-refractivity contribution in [1.29, 1.82) is 0 Å². The van der Waals surface area contributed by atoms with Gasteiger partial charge in [-0.05, 0) is 55.7 Å². The first-order valence-electron chi connectivity index (χ1n) is 12.0. The van der Waals surface area contributed by atoms with Gasteiger partial charge in [0.25, 0.3) is 10.0 Å². The maximum Gasteiger partial charge on any atom is 0.264 e. The minimum Gasteiger partial charge on any atom is -0.354 e. The molecule has 3 rings (SSSR count). The van der Waals surface area contributed by atoms with E-state index in [1.807, 2.05) is 38.1 Å². The van der Waals surface area contributed by atoms with Crippen LogP contribution in [-0.2, 0) is 26.2 Å². The van der Waals surface area contributed by atoms with Gasteiger partial charge in [-0.1, -0.05) is 67.6 Å². The molecule has 0 saturated carbocycles. The molecule has 1 unspecified atom stereocenters. The Morgan fingerprint density at radius 2 is 1.47 bits per heavy atom. The van der Waals surface area contributed by atoms with Gasteiger partial charge < -0.3 is 10.2 Å². The van der Waals surface area contributed by atoms with Gasteiger partial charge in [-0.3, -0.25) is 13.9 Å². The van der Waals surface area contributed by atoms with Gasteiger partial charge in [-0.15, -0.1) is 0 Å². The third kappa shape index (κ3) is 6.51. The van der Waals surface area contributed by atoms with Crippen LogP contribution in [0.1, 0.15) is 31.4 Å². The monoisotopic (exact) mass is 507 g/mol. The molecule has 3 aromatic carbocycles. The van der Waals surface area contributed by atoms with Gasteiger partial charge >= 0.3 is 0 Å². The Balaban J connectivity index is 1.99. The third-order valence-corrected chi connectivity index (χ3v) is 7.76. The molecule has 0 spiro atoms. The van der Waals surface area contributed by atoms with E-state index in [4.69, 9.17) is 0 Å². The number of carbonyl (C=O) groups excluding carboxylic acids is 2. The van der Waals surface area contributed by atoms with Gasteiger partial charge in [0.1, 0.15) is 12.6 Å². The lowest BCUT2D eigenvalue weighted by Gasteiger charge is -2.32. The second kappa shape index (κ2) is 12.4. The maximum absolute atomic E-state index is 13.8. The van der Waals surface area contributed by atoms with Crippen LogP contribution in [0.25, 0.3) is 0 Å². The minimum atomic E-state index is -4.04. The summed E-state index contributed by atoms with van der Waals surface area (Å²) in [4.78, 5) is 28.2. The number of para-hydroxylation sites is 1. The van der Waals surface area contributed by atoms with Crippen LogP contribution in [0.3, 0.4) is 0 Å². The predicted molar refractivity (Wildman–Crippen MR) is 142 cm³/mol. The lowest BCUT2D eigenvalue weighted by atomic mass is 10.1. The van der Waals surface area contributed by atoms with E-state index < -0.39 is 28.5 Å². The van der Waals surface area contributed by atoms with Crippen molar-refractivity contribution in [2.75, 3.05) is 17.4 Å². The summed E-state index contributed by atoms with van der Waals surface area (Å²) in [6, 6.07) is 23.4. The molecule has 7 nitrogen and oxygen atoms in total. The van der Waals surface area contributed by atoms with Gasteiger partial charge in [0, 0.05) is 13.1 Å². The van der Waals surface area contributed by atoms with E-state index in [1.165, 1.54) is 17.0 Å². The van der Waals surface area contributed by atoms with Gasteiger partial charge in [-0.2, -0.15) is 0 Å². The fourth-order valence-electron chi connectivity index (χ4n) is 3.79. The fourth-order valence-corrected chi connectivity index (χ4v) is 5.23. The summed E-state index contributed by atoms with van der Waals surface area (Å²) < 4.78 is 28.4. The van der Waals surface area contributed by atoms with Gasteiger partial charge in [0.15, 0.2) is 0 Å². The summed E-state index contributed by atoms with van der Waals surface area (Å²) in [6.45, 7) is 5.79. The summed E-state index contributed by atoms with van der Waals surface area (Å²) in [5.74, 6) is -0.753. The molecule has 0 bridgehead atoms. The lowest BCUT2D eigenvalue weighted by molar-refractivity contribution is -0.139. The van der Waals surface area contributed by atoms with E-state index in [-0.39, 0.29) is 17.3 Å². The smallest absolute Gasteiger partial charge is 0.264 e. The van der Waals surface area contributed by atoms with Crippen molar-refractivity contribution in [2.45, 2.75) is 44.7 Å². The normalized spacial score (nSPS) is 12.0. The van der Waals surface area contributed by atoms with Crippen LogP contribution >= 0.6 is 0 Å². The molecule has 190 valence electrons. The average molecular weight is 508 g/mol. The van der Waals surface area contributed by atoms with Crippen LogP contribution in [0.15, 0.2) is 89.8 Å². The first-order chi connectivity index (χ1) is 17.3. The Labute approximate surface area is 213 Å². The standard InChI is InChI=1S/C28H33N3O4S/c1-4-19-29-28(33)23(3)30(20-24-14-12-11-13-22(24)2)27(32)21-31(25-15-7-5-8-16-25)36(34,35)26-17-9-6-10-18-26/h5-18,23H,4,19-21H2,1-3H3,(H,29,33). The van der Waals surface area contributed by atoms with Gasteiger partial charge in [-0.25, -0.2) is 8.42 Å². The first kappa shape index (κ1) is 26.9. The zero-order valence-electron chi connectivity index (χ0n) is 20.9. The molecule has 1 N–H and O–H groups in total. The molecule has 2 amide bonds. The number of rotatable bonds is 11. The number of benzene rings is 3. The van der Waals surface area contributed by atoms with E-state index in [2.05, 4.69) is 5.32 Å². The SMILES string of the molecule is CCCNC(=O)C(C)N(Cc1ccccc1C)C(=O)CN(c1ccccc1)S(=O)(=O)c1ccccc1. The number of hydrogen-bond acceptors (Lipinski definition) is 4. The van der Waals surface area contributed by atoms with Crippen molar-refractivity contribution in [1.82, 2.24) is 10.2 Å². The molecule has 8 heteroatoms. The molecule has 0 aliphatic rings.